The first-order valence-electron chi connectivity index (χ1n) is 6.21. The third kappa shape index (κ3) is 4.67. The van der Waals surface area contributed by atoms with Crippen LogP contribution >= 0.6 is 0 Å². The number of methoxy groups -OCH3 is 1. The molecule has 0 saturated carbocycles. The van der Waals surface area contributed by atoms with E-state index in [4.69, 9.17) is 4.74 Å². The van der Waals surface area contributed by atoms with Crippen LogP contribution < -0.4 is 10.1 Å². The van der Waals surface area contributed by atoms with Crippen molar-refractivity contribution >= 4 is 0 Å². The van der Waals surface area contributed by atoms with Crippen LogP contribution in [0.3, 0.4) is 0 Å². The Morgan fingerprint density at radius 2 is 1.94 bits per heavy atom. The molecule has 0 aliphatic heterocycles. The van der Waals surface area contributed by atoms with E-state index in [2.05, 4.69) is 24.4 Å². The molecular weight excluding hydrogens is 198 g/mol. The number of rotatable bonds is 8. The van der Waals surface area contributed by atoms with E-state index in [1.807, 2.05) is 12.1 Å². The Morgan fingerprint density at radius 1 is 1.12 bits per heavy atom. The Kier molecular flexibility index (Phi) is 6.66. The molecule has 0 spiro atoms. The van der Waals surface area contributed by atoms with Gasteiger partial charge in [0.2, 0.25) is 0 Å². The highest BCUT2D eigenvalue weighted by molar-refractivity contribution is 5.32. The zero-order chi connectivity index (χ0) is 11.6. The lowest BCUT2D eigenvalue weighted by atomic mass is 10.2. The van der Waals surface area contributed by atoms with E-state index < -0.39 is 0 Å². The van der Waals surface area contributed by atoms with Crippen molar-refractivity contribution in [2.24, 2.45) is 0 Å². The highest BCUT2D eigenvalue weighted by Gasteiger charge is 1.99. The maximum absolute atomic E-state index is 5.30. The zero-order valence-corrected chi connectivity index (χ0v) is 10.5. The van der Waals surface area contributed by atoms with Gasteiger partial charge in [0.15, 0.2) is 0 Å². The molecule has 90 valence electrons. The predicted molar refractivity (Wildman–Crippen MR) is 68.8 cm³/mol. The quantitative estimate of drug-likeness (QED) is 0.680. The van der Waals surface area contributed by atoms with Crippen LogP contribution in [0, 0.1) is 0 Å². The second-order valence-corrected chi connectivity index (χ2v) is 4.05. The number of benzene rings is 1. The number of unbranched alkanes of at least 4 members (excludes halogenated alkanes) is 3. The lowest BCUT2D eigenvalue weighted by Gasteiger charge is -2.09. The number of hydrogen-bond acceptors (Lipinski definition) is 2. The Hall–Kier alpha value is -1.02. The number of ether oxygens (including phenoxy) is 1. The van der Waals surface area contributed by atoms with Crippen molar-refractivity contribution < 1.29 is 4.74 Å². The van der Waals surface area contributed by atoms with Gasteiger partial charge < -0.3 is 10.1 Å². The second-order valence-electron chi connectivity index (χ2n) is 4.05. The van der Waals surface area contributed by atoms with E-state index in [-0.39, 0.29) is 0 Å². The van der Waals surface area contributed by atoms with Gasteiger partial charge in [-0.3, -0.25) is 0 Å². The van der Waals surface area contributed by atoms with E-state index in [1.165, 1.54) is 31.2 Å². The Morgan fingerprint density at radius 3 is 2.69 bits per heavy atom. The molecule has 1 aromatic carbocycles. The molecular formula is C14H23NO. The first-order chi connectivity index (χ1) is 7.88. The zero-order valence-electron chi connectivity index (χ0n) is 10.5. The molecule has 0 radical (unpaired) electrons. The van der Waals surface area contributed by atoms with Crippen molar-refractivity contribution in [3.05, 3.63) is 29.8 Å². The van der Waals surface area contributed by atoms with Gasteiger partial charge in [-0.05, 0) is 19.0 Å². The molecule has 16 heavy (non-hydrogen) atoms. The van der Waals surface area contributed by atoms with E-state index in [9.17, 15) is 0 Å². The van der Waals surface area contributed by atoms with Gasteiger partial charge >= 0.3 is 0 Å². The first-order valence-corrected chi connectivity index (χ1v) is 6.21. The SMILES string of the molecule is CCCCCCNCc1ccccc1OC. The molecule has 1 N–H and O–H groups in total. The molecule has 0 unspecified atom stereocenters. The van der Waals surface area contributed by atoms with Gasteiger partial charge in [-0.1, -0.05) is 44.4 Å². The van der Waals surface area contributed by atoms with Gasteiger partial charge in [0.05, 0.1) is 7.11 Å². The highest BCUT2D eigenvalue weighted by Crippen LogP contribution is 2.16. The van der Waals surface area contributed by atoms with Crippen molar-refractivity contribution in [2.45, 2.75) is 39.2 Å². The summed E-state index contributed by atoms with van der Waals surface area (Å²) in [6.45, 7) is 4.23. The number of para-hydroxylation sites is 1. The van der Waals surface area contributed by atoms with E-state index in [0.717, 1.165) is 18.8 Å². The van der Waals surface area contributed by atoms with Gasteiger partial charge in [-0.25, -0.2) is 0 Å². The maximum atomic E-state index is 5.30. The van der Waals surface area contributed by atoms with Crippen LogP contribution in [-0.2, 0) is 6.54 Å². The predicted octanol–water partition coefficient (Wildman–Crippen LogP) is 3.37. The molecule has 0 amide bonds. The summed E-state index contributed by atoms with van der Waals surface area (Å²) in [7, 11) is 1.72. The van der Waals surface area contributed by atoms with Crippen LogP contribution in [0.5, 0.6) is 5.75 Å². The Balaban J connectivity index is 2.21. The standard InChI is InChI=1S/C14H23NO/c1-3-4-5-8-11-15-12-13-9-6-7-10-14(13)16-2/h6-7,9-10,15H,3-5,8,11-12H2,1-2H3. The summed E-state index contributed by atoms with van der Waals surface area (Å²) in [4.78, 5) is 0. The van der Waals surface area contributed by atoms with Crippen molar-refractivity contribution in [1.29, 1.82) is 0 Å². The molecule has 0 atom stereocenters. The minimum atomic E-state index is 0.899. The molecule has 0 bridgehead atoms. The third-order valence-corrected chi connectivity index (χ3v) is 2.72. The highest BCUT2D eigenvalue weighted by atomic mass is 16.5. The molecule has 0 aromatic heterocycles. The average molecular weight is 221 g/mol. The smallest absolute Gasteiger partial charge is 0.123 e. The first kappa shape index (κ1) is 13.0. The Bertz CT molecular complexity index is 286. The van der Waals surface area contributed by atoms with Crippen molar-refractivity contribution in [2.75, 3.05) is 13.7 Å². The lowest BCUT2D eigenvalue weighted by molar-refractivity contribution is 0.407. The summed E-state index contributed by atoms with van der Waals surface area (Å²) < 4.78 is 5.30. The monoisotopic (exact) mass is 221 g/mol. The van der Waals surface area contributed by atoms with Gasteiger partial charge in [0, 0.05) is 12.1 Å². The van der Waals surface area contributed by atoms with Crippen molar-refractivity contribution in [3.8, 4) is 5.75 Å². The Labute approximate surface area is 99.0 Å². The van der Waals surface area contributed by atoms with Crippen LogP contribution in [-0.4, -0.2) is 13.7 Å². The van der Waals surface area contributed by atoms with Crippen LogP contribution in [0.2, 0.25) is 0 Å². The molecule has 0 aliphatic rings. The fourth-order valence-corrected chi connectivity index (χ4v) is 1.75. The molecule has 0 heterocycles. The van der Waals surface area contributed by atoms with E-state index >= 15 is 0 Å². The number of nitrogens with one attached hydrogen (secondary N) is 1. The lowest BCUT2D eigenvalue weighted by Crippen LogP contribution is -2.15. The van der Waals surface area contributed by atoms with Crippen molar-refractivity contribution in [3.63, 3.8) is 0 Å². The van der Waals surface area contributed by atoms with E-state index in [0.29, 0.717) is 0 Å². The van der Waals surface area contributed by atoms with Crippen LogP contribution in [0.1, 0.15) is 38.2 Å². The van der Waals surface area contributed by atoms with Gasteiger partial charge in [0.1, 0.15) is 5.75 Å². The topological polar surface area (TPSA) is 21.3 Å². The van der Waals surface area contributed by atoms with Crippen LogP contribution in [0.15, 0.2) is 24.3 Å². The molecule has 1 rings (SSSR count). The minimum Gasteiger partial charge on any atom is -0.496 e. The summed E-state index contributed by atoms with van der Waals surface area (Å²) >= 11 is 0. The van der Waals surface area contributed by atoms with Gasteiger partial charge in [0.25, 0.3) is 0 Å². The summed E-state index contributed by atoms with van der Waals surface area (Å²) in [5.74, 6) is 0.976. The number of hydrogen-bond donors (Lipinski definition) is 1. The van der Waals surface area contributed by atoms with Crippen molar-refractivity contribution in [1.82, 2.24) is 5.32 Å². The molecule has 0 fully saturated rings. The fraction of sp³-hybridized carbons (Fsp3) is 0.571. The normalized spacial score (nSPS) is 10.4. The third-order valence-electron chi connectivity index (χ3n) is 2.72. The summed E-state index contributed by atoms with van der Waals surface area (Å²) in [5, 5.41) is 3.46. The maximum Gasteiger partial charge on any atom is 0.123 e. The van der Waals surface area contributed by atoms with Gasteiger partial charge in [-0.15, -0.1) is 0 Å². The molecule has 0 aliphatic carbocycles. The van der Waals surface area contributed by atoms with Gasteiger partial charge in [-0.2, -0.15) is 0 Å². The fourth-order valence-electron chi connectivity index (χ4n) is 1.75. The molecule has 2 nitrogen and oxygen atoms in total. The summed E-state index contributed by atoms with van der Waals surface area (Å²) in [5.41, 5.74) is 1.24. The largest absolute Gasteiger partial charge is 0.496 e. The molecule has 0 saturated heterocycles. The minimum absolute atomic E-state index is 0.899. The second kappa shape index (κ2) is 8.17. The summed E-state index contributed by atoms with van der Waals surface area (Å²) in [6, 6.07) is 8.17. The molecule has 2 heteroatoms. The molecule has 1 aromatic rings. The van der Waals surface area contributed by atoms with E-state index in [1.54, 1.807) is 7.11 Å². The van der Waals surface area contributed by atoms with Crippen LogP contribution in [0.4, 0.5) is 0 Å². The summed E-state index contributed by atoms with van der Waals surface area (Å²) in [6.07, 6.45) is 5.24. The average Bonchev–Trinajstić information content (AvgIpc) is 2.34. The van der Waals surface area contributed by atoms with Crippen LogP contribution in [0.25, 0.3) is 0 Å².